The summed E-state index contributed by atoms with van der Waals surface area (Å²) < 4.78 is 29.3. The third kappa shape index (κ3) is 6.48. The zero-order valence-electron chi connectivity index (χ0n) is 21.0. The van der Waals surface area contributed by atoms with Gasteiger partial charge in [-0.25, -0.2) is 8.78 Å². The van der Waals surface area contributed by atoms with E-state index in [1.807, 2.05) is 18.2 Å². The standard InChI is InChI=1S/C33H38F2/c1-3-5-7-8-24-12-17-27(18-13-24)28-19-14-25(15-20-28)10-11-26-16-21-29-23-30(9-6-4-2)32(34)33(35)31(29)22-26/h4,7-8,14-16,19-24,27H,2-3,5-6,9-13,17-18H2,1H3/b8-7+. The number of fused-ring (bicyclic) bond motifs is 1. The van der Waals surface area contributed by atoms with E-state index in [1.165, 1.54) is 49.7 Å². The monoisotopic (exact) mass is 472 g/mol. The Morgan fingerprint density at radius 2 is 1.54 bits per heavy atom. The fourth-order valence-electron chi connectivity index (χ4n) is 5.37. The average Bonchev–Trinajstić information content (AvgIpc) is 2.90. The molecule has 35 heavy (non-hydrogen) atoms. The minimum atomic E-state index is -0.733. The second kappa shape index (κ2) is 12.3. The molecule has 0 heterocycles. The highest BCUT2D eigenvalue weighted by atomic mass is 19.2. The molecule has 2 heteroatoms. The summed E-state index contributed by atoms with van der Waals surface area (Å²) in [5.74, 6) is -0.0212. The predicted molar refractivity (Wildman–Crippen MR) is 145 cm³/mol. The van der Waals surface area contributed by atoms with Crippen molar-refractivity contribution in [2.75, 3.05) is 0 Å². The Kier molecular flexibility index (Phi) is 8.90. The summed E-state index contributed by atoms with van der Waals surface area (Å²) in [5.41, 5.74) is 4.20. The van der Waals surface area contributed by atoms with E-state index >= 15 is 0 Å². The summed E-state index contributed by atoms with van der Waals surface area (Å²) in [6, 6.07) is 16.6. The van der Waals surface area contributed by atoms with Gasteiger partial charge in [0.1, 0.15) is 0 Å². The lowest BCUT2D eigenvalue weighted by molar-refractivity contribution is 0.375. The zero-order valence-corrected chi connectivity index (χ0v) is 21.0. The van der Waals surface area contributed by atoms with Crippen molar-refractivity contribution in [3.05, 3.63) is 107 Å². The van der Waals surface area contributed by atoms with Crippen LogP contribution in [-0.4, -0.2) is 0 Å². The van der Waals surface area contributed by atoms with Gasteiger partial charge < -0.3 is 0 Å². The van der Waals surface area contributed by atoms with Gasteiger partial charge in [0.15, 0.2) is 11.6 Å². The van der Waals surface area contributed by atoms with Crippen molar-refractivity contribution in [3.63, 3.8) is 0 Å². The van der Waals surface area contributed by atoms with Crippen LogP contribution < -0.4 is 0 Å². The molecule has 0 spiro atoms. The summed E-state index contributed by atoms with van der Waals surface area (Å²) in [6.07, 6.45) is 16.9. The molecule has 184 valence electrons. The van der Waals surface area contributed by atoms with Crippen LogP contribution in [0, 0.1) is 17.6 Å². The van der Waals surface area contributed by atoms with E-state index in [9.17, 15) is 8.78 Å². The Hall–Kier alpha value is -2.74. The van der Waals surface area contributed by atoms with Crippen molar-refractivity contribution in [2.24, 2.45) is 5.92 Å². The molecule has 0 N–H and O–H groups in total. The Labute approximate surface area is 209 Å². The van der Waals surface area contributed by atoms with E-state index in [1.54, 1.807) is 12.1 Å². The van der Waals surface area contributed by atoms with E-state index < -0.39 is 11.6 Å². The molecule has 0 unspecified atom stereocenters. The number of benzene rings is 3. The van der Waals surface area contributed by atoms with Crippen molar-refractivity contribution in [1.82, 2.24) is 0 Å². The van der Waals surface area contributed by atoms with Crippen LogP contribution in [0.5, 0.6) is 0 Å². The van der Waals surface area contributed by atoms with E-state index in [4.69, 9.17) is 0 Å². The van der Waals surface area contributed by atoms with Crippen molar-refractivity contribution in [1.29, 1.82) is 0 Å². The molecular weight excluding hydrogens is 434 g/mol. The second-order valence-corrected chi connectivity index (χ2v) is 10.1. The first-order valence-corrected chi connectivity index (χ1v) is 13.3. The smallest absolute Gasteiger partial charge is 0.166 e. The Balaban J connectivity index is 1.35. The molecule has 0 amide bonds. The lowest BCUT2D eigenvalue weighted by Gasteiger charge is -2.27. The predicted octanol–water partition coefficient (Wildman–Crippen LogP) is 9.65. The van der Waals surface area contributed by atoms with Crippen LogP contribution in [0.15, 0.2) is 73.3 Å². The summed E-state index contributed by atoms with van der Waals surface area (Å²) in [7, 11) is 0. The summed E-state index contributed by atoms with van der Waals surface area (Å²) in [6.45, 7) is 5.90. The fraction of sp³-hybridized carbons (Fsp3) is 0.394. The molecule has 0 aliphatic heterocycles. The number of unbranched alkanes of at least 4 members (excludes halogenated alkanes) is 1. The first-order valence-electron chi connectivity index (χ1n) is 13.3. The van der Waals surface area contributed by atoms with Crippen LogP contribution in [-0.2, 0) is 19.3 Å². The molecule has 0 saturated heterocycles. The number of rotatable bonds is 10. The number of hydrogen-bond acceptors (Lipinski definition) is 0. The van der Waals surface area contributed by atoms with Gasteiger partial charge in [-0.3, -0.25) is 0 Å². The van der Waals surface area contributed by atoms with Crippen LogP contribution in [0.3, 0.4) is 0 Å². The van der Waals surface area contributed by atoms with Crippen molar-refractivity contribution in [2.45, 2.75) is 77.0 Å². The van der Waals surface area contributed by atoms with E-state index in [0.717, 1.165) is 29.7 Å². The van der Waals surface area contributed by atoms with Gasteiger partial charge in [-0.15, -0.1) is 6.58 Å². The van der Waals surface area contributed by atoms with Gasteiger partial charge in [-0.05, 0) is 109 Å². The lowest BCUT2D eigenvalue weighted by Crippen LogP contribution is -2.11. The molecule has 1 saturated carbocycles. The Morgan fingerprint density at radius 3 is 2.26 bits per heavy atom. The minimum absolute atomic E-state index is 0.373. The quantitative estimate of drug-likeness (QED) is 0.258. The van der Waals surface area contributed by atoms with Gasteiger partial charge >= 0.3 is 0 Å². The van der Waals surface area contributed by atoms with Crippen molar-refractivity contribution < 1.29 is 8.78 Å². The summed E-state index contributed by atoms with van der Waals surface area (Å²) in [5, 5.41) is 1.13. The maximum absolute atomic E-state index is 14.7. The average molecular weight is 473 g/mol. The number of aryl methyl sites for hydroxylation is 3. The molecule has 0 aromatic heterocycles. The highest BCUT2D eigenvalue weighted by Crippen LogP contribution is 2.36. The molecule has 3 aromatic carbocycles. The molecule has 1 aliphatic rings. The number of hydrogen-bond donors (Lipinski definition) is 0. The first kappa shape index (κ1) is 25.4. The largest absolute Gasteiger partial charge is 0.203 e. The maximum Gasteiger partial charge on any atom is 0.166 e. The normalized spacial score (nSPS) is 18.4. The lowest BCUT2D eigenvalue weighted by atomic mass is 9.78. The Bertz CT molecular complexity index is 1150. The molecule has 1 aliphatic carbocycles. The third-order valence-electron chi connectivity index (χ3n) is 7.57. The topological polar surface area (TPSA) is 0 Å². The van der Waals surface area contributed by atoms with Gasteiger partial charge in [0.05, 0.1) is 0 Å². The Morgan fingerprint density at radius 1 is 0.829 bits per heavy atom. The van der Waals surface area contributed by atoms with Crippen LogP contribution in [0.1, 0.15) is 80.0 Å². The van der Waals surface area contributed by atoms with Gasteiger partial charge in [0.2, 0.25) is 0 Å². The number of halogens is 2. The summed E-state index contributed by atoms with van der Waals surface area (Å²) in [4.78, 5) is 0. The van der Waals surface area contributed by atoms with E-state index in [2.05, 4.69) is 49.9 Å². The minimum Gasteiger partial charge on any atom is -0.203 e. The maximum atomic E-state index is 14.7. The molecule has 3 aromatic rings. The summed E-state index contributed by atoms with van der Waals surface area (Å²) >= 11 is 0. The molecule has 0 radical (unpaired) electrons. The fourth-order valence-corrected chi connectivity index (χ4v) is 5.37. The molecular formula is C33H38F2. The van der Waals surface area contributed by atoms with Gasteiger partial charge in [0.25, 0.3) is 0 Å². The second-order valence-electron chi connectivity index (χ2n) is 10.1. The molecule has 4 rings (SSSR count). The molecule has 0 nitrogen and oxygen atoms in total. The van der Waals surface area contributed by atoms with E-state index in [0.29, 0.717) is 29.7 Å². The third-order valence-corrected chi connectivity index (χ3v) is 7.57. The molecule has 1 fully saturated rings. The molecule has 0 bridgehead atoms. The van der Waals surface area contributed by atoms with Crippen LogP contribution in [0.4, 0.5) is 8.78 Å². The first-order chi connectivity index (χ1) is 17.1. The van der Waals surface area contributed by atoms with Crippen LogP contribution in [0.2, 0.25) is 0 Å². The van der Waals surface area contributed by atoms with Crippen LogP contribution >= 0.6 is 0 Å². The highest BCUT2D eigenvalue weighted by molar-refractivity contribution is 5.84. The van der Waals surface area contributed by atoms with Crippen molar-refractivity contribution >= 4 is 10.8 Å². The van der Waals surface area contributed by atoms with Gasteiger partial charge in [-0.1, -0.05) is 68.0 Å². The van der Waals surface area contributed by atoms with Crippen LogP contribution in [0.25, 0.3) is 10.8 Å². The number of allylic oxidation sites excluding steroid dienone is 3. The van der Waals surface area contributed by atoms with Crippen molar-refractivity contribution in [3.8, 4) is 0 Å². The van der Waals surface area contributed by atoms with Gasteiger partial charge in [-0.2, -0.15) is 0 Å². The zero-order chi connectivity index (χ0) is 24.6. The van der Waals surface area contributed by atoms with E-state index in [-0.39, 0.29) is 0 Å². The highest BCUT2D eigenvalue weighted by Gasteiger charge is 2.20. The SMILES string of the molecule is C=CCCc1cc2ccc(CCc3ccc(C4CCC(/C=C/CCC)CC4)cc3)cc2c(F)c1F. The molecule has 0 atom stereocenters. The van der Waals surface area contributed by atoms with Gasteiger partial charge in [0, 0.05) is 5.39 Å².